The number of benzene rings is 1. The van der Waals surface area contributed by atoms with Crippen LogP contribution >= 0.6 is 0 Å². The molecule has 1 aromatic rings. The highest BCUT2D eigenvalue weighted by Crippen LogP contribution is 2.70. The van der Waals surface area contributed by atoms with Crippen LogP contribution in [0.4, 0.5) is 0 Å². The number of methoxy groups -OCH3 is 2. The summed E-state index contributed by atoms with van der Waals surface area (Å²) in [6.45, 7) is 7.47. The standard InChI is InChI=1S/C24H35NO4/c1-6-7-20(26)25-22-23(2,3)15-12-18-21(29-11-10-24(18,22)14-15)17-9-8-16(27-4)13-19(17)28-5/h8-9,13,15,18,21-22H,6-7,10-12,14H2,1-5H3,(H,25,26)/t15-,18-,21-,22+,24?/m1/s1. The Bertz CT molecular complexity index is 776. The third kappa shape index (κ3) is 3.13. The molecule has 1 N–H and O–H groups in total. The first-order chi connectivity index (χ1) is 13.9. The predicted molar refractivity (Wildman–Crippen MR) is 112 cm³/mol. The van der Waals surface area contributed by atoms with Crippen molar-refractivity contribution in [3.63, 3.8) is 0 Å². The second kappa shape index (κ2) is 7.50. The molecule has 1 spiro atoms. The van der Waals surface area contributed by atoms with Gasteiger partial charge >= 0.3 is 0 Å². The number of nitrogens with one attached hydrogen (secondary N) is 1. The van der Waals surface area contributed by atoms with Crippen LogP contribution in [-0.4, -0.2) is 32.8 Å². The minimum Gasteiger partial charge on any atom is -0.497 e. The quantitative estimate of drug-likeness (QED) is 0.762. The van der Waals surface area contributed by atoms with E-state index in [2.05, 4.69) is 32.2 Å². The zero-order valence-corrected chi connectivity index (χ0v) is 18.4. The summed E-state index contributed by atoms with van der Waals surface area (Å²) in [6.07, 6.45) is 4.82. The molecule has 0 radical (unpaired) electrons. The maximum atomic E-state index is 12.6. The van der Waals surface area contributed by atoms with Crippen LogP contribution in [-0.2, 0) is 9.53 Å². The third-order valence-corrected chi connectivity index (χ3v) is 8.03. The van der Waals surface area contributed by atoms with Gasteiger partial charge in [0.1, 0.15) is 11.5 Å². The number of carbonyl (C=O) groups excluding carboxylic acids is 1. The highest BCUT2D eigenvalue weighted by Gasteiger charge is 2.68. The van der Waals surface area contributed by atoms with Crippen molar-refractivity contribution >= 4 is 5.91 Å². The molecule has 2 aliphatic carbocycles. The minimum absolute atomic E-state index is 0.00344. The molecular weight excluding hydrogens is 366 g/mol. The Morgan fingerprint density at radius 2 is 2.07 bits per heavy atom. The van der Waals surface area contributed by atoms with Gasteiger partial charge in [-0.05, 0) is 60.5 Å². The summed E-state index contributed by atoms with van der Waals surface area (Å²) < 4.78 is 17.5. The molecule has 1 unspecified atom stereocenters. The van der Waals surface area contributed by atoms with Crippen molar-refractivity contribution in [2.24, 2.45) is 22.7 Å². The van der Waals surface area contributed by atoms with Gasteiger partial charge in [-0.15, -0.1) is 0 Å². The van der Waals surface area contributed by atoms with Gasteiger partial charge in [-0.25, -0.2) is 0 Å². The van der Waals surface area contributed by atoms with Gasteiger partial charge in [-0.2, -0.15) is 0 Å². The summed E-state index contributed by atoms with van der Waals surface area (Å²) in [5.74, 6) is 2.79. The Morgan fingerprint density at radius 3 is 2.76 bits per heavy atom. The molecule has 1 heterocycles. The van der Waals surface area contributed by atoms with Crippen molar-refractivity contribution in [2.45, 2.75) is 65.0 Å². The van der Waals surface area contributed by atoms with Gasteiger partial charge in [0.25, 0.3) is 0 Å². The van der Waals surface area contributed by atoms with Crippen molar-refractivity contribution < 1.29 is 19.0 Å². The average molecular weight is 402 g/mol. The zero-order valence-electron chi connectivity index (χ0n) is 18.4. The number of hydrogen-bond acceptors (Lipinski definition) is 4. The van der Waals surface area contributed by atoms with Gasteiger partial charge in [0, 0.05) is 30.7 Å². The molecule has 1 aliphatic heterocycles. The van der Waals surface area contributed by atoms with E-state index in [1.807, 2.05) is 12.1 Å². The first kappa shape index (κ1) is 20.5. The van der Waals surface area contributed by atoms with E-state index in [4.69, 9.17) is 14.2 Å². The van der Waals surface area contributed by atoms with Gasteiger partial charge in [0.2, 0.25) is 5.91 Å². The third-order valence-electron chi connectivity index (χ3n) is 8.03. The molecule has 5 atom stereocenters. The second-order valence-electron chi connectivity index (χ2n) is 9.70. The molecule has 1 amide bonds. The van der Waals surface area contributed by atoms with E-state index >= 15 is 0 Å². The maximum Gasteiger partial charge on any atom is 0.220 e. The van der Waals surface area contributed by atoms with Gasteiger partial charge in [-0.3, -0.25) is 4.79 Å². The Morgan fingerprint density at radius 1 is 1.28 bits per heavy atom. The molecule has 4 rings (SSSR count). The molecular formula is C24H35NO4. The van der Waals surface area contributed by atoms with Crippen LogP contribution in [0.1, 0.15) is 64.5 Å². The fourth-order valence-corrected chi connectivity index (χ4v) is 6.61. The van der Waals surface area contributed by atoms with Crippen LogP contribution in [0.3, 0.4) is 0 Å². The molecule has 2 saturated carbocycles. The summed E-state index contributed by atoms with van der Waals surface area (Å²) >= 11 is 0. The molecule has 3 aliphatic rings. The highest BCUT2D eigenvalue weighted by atomic mass is 16.5. The van der Waals surface area contributed by atoms with Crippen molar-refractivity contribution in [1.82, 2.24) is 5.32 Å². The number of hydrogen-bond donors (Lipinski definition) is 1. The van der Waals surface area contributed by atoms with Crippen molar-refractivity contribution in [3.8, 4) is 11.5 Å². The van der Waals surface area contributed by atoms with Crippen LogP contribution in [0, 0.1) is 22.7 Å². The van der Waals surface area contributed by atoms with Gasteiger partial charge < -0.3 is 19.5 Å². The predicted octanol–water partition coefficient (Wildman–Crippen LogP) is 4.50. The Kier molecular flexibility index (Phi) is 5.30. The number of rotatable bonds is 6. The number of amides is 1. The van der Waals surface area contributed by atoms with E-state index in [0.29, 0.717) is 18.3 Å². The summed E-state index contributed by atoms with van der Waals surface area (Å²) in [6, 6.07) is 6.22. The molecule has 5 heteroatoms. The van der Waals surface area contributed by atoms with Gasteiger partial charge in [0.15, 0.2) is 0 Å². The van der Waals surface area contributed by atoms with Crippen LogP contribution < -0.4 is 14.8 Å². The Hall–Kier alpha value is -1.75. The number of fused-ring (bicyclic) bond motifs is 1. The minimum atomic E-state index is -0.00344. The Balaban J connectivity index is 1.69. The van der Waals surface area contributed by atoms with Gasteiger partial charge in [0.05, 0.1) is 20.3 Å². The fraction of sp³-hybridized carbons (Fsp3) is 0.708. The lowest BCUT2D eigenvalue weighted by Crippen LogP contribution is -2.58. The Labute approximate surface area is 174 Å². The zero-order chi connectivity index (χ0) is 20.8. The molecule has 160 valence electrons. The van der Waals surface area contributed by atoms with E-state index in [0.717, 1.165) is 42.9 Å². The monoisotopic (exact) mass is 401 g/mol. The van der Waals surface area contributed by atoms with Crippen LogP contribution in [0.5, 0.6) is 11.5 Å². The lowest BCUT2D eigenvalue weighted by Gasteiger charge is -2.53. The molecule has 5 nitrogen and oxygen atoms in total. The van der Waals surface area contributed by atoms with Crippen LogP contribution in [0.25, 0.3) is 0 Å². The first-order valence-electron chi connectivity index (χ1n) is 11.0. The summed E-state index contributed by atoms with van der Waals surface area (Å²) in [5.41, 5.74) is 1.32. The van der Waals surface area contributed by atoms with E-state index in [1.54, 1.807) is 14.2 Å². The van der Waals surface area contributed by atoms with E-state index in [1.165, 1.54) is 6.42 Å². The van der Waals surface area contributed by atoms with Crippen molar-refractivity contribution in [3.05, 3.63) is 23.8 Å². The van der Waals surface area contributed by atoms with Crippen LogP contribution in [0.2, 0.25) is 0 Å². The van der Waals surface area contributed by atoms with Gasteiger partial charge in [-0.1, -0.05) is 20.8 Å². The van der Waals surface area contributed by atoms with E-state index in [-0.39, 0.29) is 28.9 Å². The summed E-state index contributed by atoms with van der Waals surface area (Å²) in [4.78, 5) is 12.6. The average Bonchev–Trinajstić information content (AvgIpc) is 3.20. The molecule has 0 aromatic heterocycles. The normalized spacial score (nSPS) is 34.5. The second-order valence-corrected chi connectivity index (χ2v) is 9.70. The first-order valence-corrected chi connectivity index (χ1v) is 11.0. The molecule has 3 fully saturated rings. The number of ether oxygens (including phenoxy) is 3. The lowest BCUT2D eigenvalue weighted by molar-refractivity contribution is -0.137. The molecule has 29 heavy (non-hydrogen) atoms. The van der Waals surface area contributed by atoms with E-state index < -0.39 is 0 Å². The highest BCUT2D eigenvalue weighted by molar-refractivity contribution is 5.76. The smallest absolute Gasteiger partial charge is 0.220 e. The summed E-state index contributed by atoms with van der Waals surface area (Å²) in [5, 5.41) is 3.46. The lowest BCUT2D eigenvalue weighted by atomic mass is 9.58. The molecule has 1 aromatic carbocycles. The van der Waals surface area contributed by atoms with E-state index in [9.17, 15) is 4.79 Å². The SMILES string of the molecule is CCCC(=O)N[C@H]1C(C)(C)[C@@H]2C[C@@H]3[C@@H](c4ccc(OC)cc4OC)OCCC31C2. The van der Waals surface area contributed by atoms with Crippen molar-refractivity contribution in [1.29, 1.82) is 0 Å². The van der Waals surface area contributed by atoms with Crippen LogP contribution in [0.15, 0.2) is 18.2 Å². The number of carbonyl (C=O) groups is 1. The fourth-order valence-electron chi connectivity index (χ4n) is 6.61. The molecule has 1 saturated heterocycles. The summed E-state index contributed by atoms with van der Waals surface area (Å²) in [7, 11) is 3.37. The molecule has 2 bridgehead atoms. The maximum absolute atomic E-state index is 12.6. The largest absolute Gasteiger partial charge is 0.497 e. The van der Waals surface area contributed by atoms with Crippen molar-refractivity contribution in [2.75, 3.05) is 20.8 Å². The topological polar surface area (TPSA) is 56.8 Å².